The Morgan fingerprint density at radius 3 is 2.39 bits per heavy atom. The number of benzene rings is 2. The van der Waals surface area contributed by atoms with Crippen molar-refractivity contribution in [2.75, 3.05) is 24.1 Å². The molecule has 1 atom stereocenters. The Labute approximate surface area is 193 Å². The van der Waals surface area contributed by atoms with E-state index in [0.29, 0.717) is 23.8 Å². The average Bonchev–Trinajstić information content (AvgIpc) is 2.77. The molecule has 0 aliphatic heterocycles. The molecule has 0 radical (unpaired) electrons. The molecule has 0 spiro atoms. The first-order valence-corrected chi connectivity index (χ1v) is 12.7. The van der Waals surface area contributed by atoms with Crippen molar-refractivity contribution in [1.29, 1.82) is 0 Å². The Balaban J connectivity index is 1.41. The standard InChI is InChI=1S/C23H30N2O7S/c1-33(30,31)25-21-12-20(10-11-22(21)27)32-14-19(26)13-24-18-8-6-16(7-9-18)15-2-4-17(5-3-15)23(28)29/h2-5,10-12,16,18-19,24-27H,6-9,13-14H2,1H3,(H,28,29)/t16-,18-,19-/m0/s1. The number of aromatic carboxylic acids is 1. The van der Waals surface area contributed by atoms with Gasteiger partial charge in [0.15, 0.2) is 0 Å². The molecule has 0 unspecified atom stereocenters. The monoisotopic (exact) mass is 478 g/mol. The summed E-state index contributed by atoms with van der Waals surface area (Å²) in [6.07, 6.45) is 4.11. The first-order chi connectivity index (χ1) is 15.6. The highest BCUT2D eigenvalue weighted by Gasteiger charge is 2.23. The molecule has 1 saturated carbocycles. The molecule has 180 valence electrons. The third kappa shape index (κ3) is 7.62. The number of sulfonamides is 1. The molecule has 10 heteroatoms. The van der Waals surface area contributed by atoms with Crippen LogP contribution in [0.2, 0.25) is 0 Å². The van der Waals surface area contributed by atoms with Crippen molar-refractivity contribution in [3.63, 3.8) is 0 Å². The van der Waals surface area contributed by atoms with Gasteiger partial charge in [-0.2, -0.15) is 0 Å². The van der Waals surface area contributed by atoms with E-state index in [1.807, 2.05) is 12.1 Å². The van der Waals surface area contributed by atoms with E-state index >= 15 is 0 Å². The van der Waals surface area contributed by atoms with E-state index < -0.39 is 22.1 Å². The first-order valence-electron chi connectivity index (χ1n) is 10.8. The van der Waals surface area contributed by atoms with Crippen LogP contribution in [0.25, 0.3) is 0 Å². The summed E-state index contributed by atoms with van der Waals surface area (Å²) in [5, 5.41) is 32.4. The third-order valence-corrected chi connectivity index (χ3v) is 6.29. The number of ether oxygens (including phenoxy) is 1. The van der Waals surface area contributed by atoms with E-state index in [4.69, 9.17) is 9.84 Å². The van der Waals surface area contributed by atoms with Gasteiger partial charge in [0.1, 0.15) is 24.2 Å². The third-order valence-electron chi connectivity index (χ3n) is 5.70. The van der Waals surface area contributed by atoms with Crippen molar-refractivity contribution in [2.24, 2.45) is 0 Å². The molecular weight excluding hydrogens is 448 g/mol. The second kappa shape index (κ2) is 10.9. The number of carbonyl (C=O) groups is 1. The highest BCUT2D eigenvalue weighted by molar-refractivity contribution is 7.92. The number of carboxylic acids is 1. The van der Waals surface area contributed by atoms with Crippen molar-refractivity contribution >= 4 is 21.7 Å². The molecule has 2 aromatic carbocycles. The lowest BCUT2D eigenvalue weighted by molar-refractivity contribution is 0.0696. The minimum Gasteiger partial charge on any atom is -0.506 e. The number of aromatic hydroxyl groups is 1. The number of phenols is 1. The van der Waals surface area contributed by atoms with Gasteiger partial charge < -0.3 is 25.4 Å². The number of hydrogen-bond acceptors (Lipinski definition) is 7. The van der Waals surface area contributed by atoms with E-state index in [1.165, 1.54) is 18.2 Å². The summed E-state index contributed by atoms with van der Waals surface area (Å²) in [5.41, 5.74) is 1.46. The fourth-order valence-electron chi connectivity index (χ4n) is 3.97. The van der Waals surface area contributed by atoms with Gasteiger partial charge >= 0.3 is 5.97 Å². The Hall–Kier alpha value is -2.82. The molecule has 0 saturated heterocycles. The van der Waals surface area contributed by atoms with Crippen LogP contribution in [0.1, 0.15) is 47.5 Å². The molecule has 5 N–H and O–H groups in total. The first kappa shape index (κ1) is 24.8. The lowest BCUT2D eigenvalue weighted by Crippen LogP contribution is -2.39. The zero-order valence-electron chi connectivity index (χ0n) is 18.4. The quantitative estimate of drug-likeness (QED) is 0.328. The molecule has 9 nitrogen and oxygen atoms in total. The van der Waals surface area contributed by atoms with Gasteiger partial charge in [0.2, 0.25) is 10.0 Å². The van der Waals surface area contributed by atoms with Crippen LogP contribution in [0.3, 0.4) is 0 Å². The molecule has 33 heavy (non-hydrogen) atoms. The molecule has 2 aromatic rings. The Kier molecular flexibility index (Phi) is 8.17. The van der Waals surface area contributed by atoms with Gasteiger partial charge in [0.25, 0.3) is 0 Å². The van der Waals surface area contributed by atoms with Crippen molar-refractivity contribution < 1.29 is 33.3 Å². The fourth-order valence-corrected chi connectivity index (χ4v) is 4.53. The normalized spacial score (nSPS) is 19.6. The Bertz CT molecular complexity index is 1050. The molecule has 3 rings (SSSR count). The van der Waals surface area contributed by atoms with Crippen molar-refractivity contribution in [2.45, 2.75) is 43.7 Å². The zero-order valence-corrected chi connectivity index (χ0v) is 19.2. The maximum Gasteiger partial charge on any atom is 0.335 e. The van der Waals surface area contributed by atoms with Crippen LogP contribution in [0.4, 0.5) is 5.69 Å². The fraction of sp³-hybridized carbons (Fsp3) is 0.435. The molecular formula is C23H30N2O7S. The van der Waals surface area contributed by atoms with Gasteiger partial charge in [-0.05, 0) is 61.4 Å². The van der Waals surface area contributed by atoms with Crippen molar-refractivity contribution in [3.05, 3.63) is 53.6 Å². The number of phenolic OH excluding ortho intramolecular Hbond substituents is 1. The largest absolute Gasteiger partial charge is 0.506 e. The highest BCUT2D eigenvalue weighted by Crippen LogP contribution is 2.33. The van der Waals surface area contributed by atoms with Crippen LogP contribution in [-0.4, -0.2) is 61.3 Å². The summed E-state index contributed by atoms with van der Waals surface area (Å²) < 4.78 is 30.5. The molecule has 0 heterocycles. The molecule has 0 aromatic heterocycles. The maximum atomic E-state index is 11.4. The van der Waals surface area contributed by atoms with Crippen LogP contribution in [0.5, 0.6) is 11.5 Å². The topological polar surface area (TPSA) is 145 Å². The molecule has 1 aliphatic rings. The van der Waals surface area contributed by atoms with Crippen molar-refractivity contribution in [3.8, 4) is 11.5 Å². The van der Waals surface area contributed by atoms with Gasteiger partial charge in [0.05, 0.1) is 17.5 Å². The van der Waals surface area contributed by atoms with E-state index in [0.717, 1.165) is 37.5 Å². The minimum atomic E-state index is -3.54. The predicted molar refractivity (Wildman–Crippen MR) is 124 cm³/mol. The Morgan fingerprint density at radius 1 is 1.12 bits per heavy atom. The lowest BCUT2D eigenvalue weighted by atomic mass is 9.81. The highest BCUT2D eigenvalue weighted by atomic mass is 32.2. The number of nitrogens with one attached hydrogen (secondary N) is 2. The number of aliphatic hydroxyl groups is 1. The van der Waals surface area contributed by atoms with E-state index in [9.17, 15) is 23.4 Å². The Morgan fingerprint density at radius 2 is 1.79 bits per heavy atom. The summed E-state index contributed by atoms with van der Waals surface area (Å²) in [6.45, 7) is 0.372. The number of anilines is 1. The van der Waals surface area contributed by atoms with Crippen LogP contribution in [0.15, 0.2) is 42.5 Å². The number of hydrogen-bond donors (Lipinski definition) is 5. The second-order valence-electron chi connectivity index (χ2n) is 8.40. The van der Waals surface area contributed by atoms with E-state index in [-0.39, 0.29) is 24.1 Å². The molecule has 1 aliphatic carbocycles. The molecule has 0 bridgehead atoms. The summed E-state index contributed by atoms with van der Waals surface area (Å²) >= 11 is 0. The van der Waals surface area contributed by atoms with Crippen molar-refractivity contribution in [1.82, 2.24) is 5.32 Å². The van der Waals surface area contributed by atoms with Gasteiger partial charge in [-0.15, -0.1) is 0 Å². The van der Waals surface area contributed by atoms with Crippen LogP contribution < -0.4 is 14.8 Å². The number of rotatable bonds is 10. The van der Waals surface area contributed by atoms with Crippen LogP contribution in [0, 0.1) is 0 Å². The predicted octanol–water partition coefficient (Wildman–Crippen LogP) is 2.52. The van der Waals surface area contributed by atoms with Crippen LogP contribution in [-0.2, 0) is 10.0 Å². The summed E-state index contributed by atoms with van der Waals surface area (Å²) in [7, 11) is -3.54. The smallest absolute Gasteiger partial charge is 0.335 e. The SMILES string of the molecule is CS(=O)(=O)Nc1cc(OC[C@@H](O)CN[C@H]2CC[C@H](c3ccc(C(=O)O)cc3)CC2)ccc1O. The summed E-state index contributed by atoms with van der Waals surface area (Å²) in [4.78, 5) is 11.0. The summed E-state index contributed by atoms with van der Waals surface area (Å²) in [6, 6.07) is 11.5. The number of carboxylic acid groups (broad SMARTS) is 1. The van der Waals surface area contributed by atoms with Crippen LogP contribution >= 0.6 is 0 Å². The van der Waals surface area contributed by atoms with Gasteiger partial charge in [-0.3, -0.25) is 4.72 Å². The molecule has 0 amide bonds. The van der Waals surface area contributed by atoms with Gasteiger partial charge in [-0.25, -0.2) is 13.2 Å². The van der Waals surface area contributed by atoms with E-state index in [2.05, 4.69) is 10.0 Å². The summed E-state index contributed by atoms with van der Waals surface area (Å²) in [5.74, 6) is -0.410. The second-order valence-corrected chi connectivity index (χ2v) is 10.2. The zero-order chi connectivity index (χ0) is 24.0. The van der Waals surface area contributed by atoms with Gasteiger partial charge in [-0.1, -0.05) is 12.1 Å². The minimum absolute atomic E-state index is 0.0111. The lowest BCUT2D eigenvalue weighted by Gasteiger charge is -2.30. The number of aliphatic hydroxyl groups excluding tert-OH is 1. The van der Waals surface area contributed by atoms with E-state index in [1.54, 1.807) is 12.1 Å². The maximum absolute atomic E-state index is 11.4. The molecule has 1 fully saturated rings. The average molecular weight is 479 g/mol. The van der Waals surface area contributed by atoms with Gasteiger partial charge in [0, 0.05) is 18.7 Å².